The number of hydrogen-bond acceptors (Lipinski definition) is 3. The van der Waals surface area contributed by atoms with Crippen molar-refractivity contribution in [2.75, 3.05) is 12.0 Å². The van der Waals surface area contributed by atoms with Crippen LogP contribution in [0.1, 0.15) is 37.5 Å². The summed E-state index contributed by atoms with van der Waals surface area (Å²) >= 11 is 0. The first-order valence-corrected chi connectivity index (χ1v) is 10.8. The predicted octanol–water partition coefficient (Wildman–Crippen LogP) is 6.51. The molecule has 0 unspecified atom stereocenters. The summed E-state index contributed by atoms with van der Waals surface area (Å²) in [6.07, 6.45) is 1.98. The van der Waals surface area contributed by atoms with Crippen molar-refractivity contribution in [1.29, 1.82) is 0 Å². The average molecular weight is 428 g/mol. The molecule has 0 saturated heterocycles. The van der Waals surface area contributed by atoms with E-state index in [-0.39, 0.29) is 17.7 Å². The first kappa shape index (κ1) is 21.7. The molecule has 0 saturated carbocycles. The van der Waals surface area contributed by atoms with Crippen molar-refractivity contribution >= 4 is 22.6 Å². The van der Waals surface area contributed by atoms with Gasteiger partial charge in [0.1, 0.15) is 11.3 Å². The molecule has 0 aliphatic carbocycles. The lowest BCUT2D eigenvalue weighted by molar-refractivity contribution is -0.118. The summed E-state index contributed by atoms with van der Waals surface area (Å²) < 4.78 is 11.0. The molecule has 1 aromatic heterocycles. The maximum absolute atomic E-state index is 13.5. The normalized spacial score (nSPS) is 11.5. The van der Waals surface area contributed by atoms with Crippen molar-refractivity contribution in [2.45, 2.75) is 39.2 Å². The maximum Gasteiger partial charge on any atom is 0.231 e. The van der Waals surface area contributed by atoms with Gasteiger partial charge < -0.3 is 14.1 Å². The molecule has 0 aliphatic rings. The molecule has 0 bridgehead atoms. The molecule has 3 aromatic carbocycles. The van der Waals surface area contributed by atoms with E-state index < -0.39 is 0 Å². The Balaban J connectivity index is 1.66. The summed E-state index contributed by atoms with van der Waals surface area (Å²) in [4.78, 5) is 15.4. The fourth-order valence-electron chi connectivity index (χ4n) is 3.80. The van der Waals surface area contributed by atoms with Gasteiger partial charge in [-0.2, -0.15) is 0 Å². The van der Waals surface area contributed by atoms with Gasteiger partial charge in [-0.05, 0) is 52.9 Å². The number of anilines is 1. The van der Waals surface area contributed by atoms with E-state index in [4.69, 9.17) is 9.15 Å². The minimum absolute atomic E-state index is 0.0166. The van der Waals surface area contributed by atoms with Crippen molar-refractivity contribution in [2.24, 2.45) is 0 Å². The number of fused-ring (bicyclic) bond motifs is 1. The minimum Gasteiger partial charge on any atom is -0.497 e. The van der Waals surface area contributed by atoms with E-state index in [0.717, 1.165) is 33.5 Å². The third-order valence-corrected chi connectivity index (χ3v) is 5.73. The van der Waals surface area contributed by atoms with Gasteiger partial charge in [0.25, 0.3) is 0 Å². The van der Waals surface area contributed by atoms with E-state index in [1.54, 1.807) is 13.4 Å². The maximum atomic E-state index is 13.5. The number of carbonyl (C=O) groups excluding carboxylic acids is 1. The van der Waals surface area contributed by atoms with Crippen molar-refractivity contribution in [3.8, 4) is 5.75 Å². The molecule has 4 nitrogen and oxygen atoms in total. The number of furan rings is 1. The van der Waals surface area contributed by atoms with Crippen LogP contribution in [0.2, 0.25) is 0 Å². The highest BCUT2D eigenvalue weighted by atomic mass is 16.5. The molecule has 0 fully saturated rings. The predicted molar refractivity (Wildman–Crippen MR) is 129 cm³/mol. The van der Waals surface area contributed by atoms with Gasteiger partial charge in [-0.15, -0.1) is 0 Å². The molecule has 1 heterocycles. The average Bonchev–Trinajstić information content (AvgIpc) is 3.19. The minimum atomic E-state index is 0.0166. The first-order valence-electron chi connectivity index (χ1n) is 10.8. The van der Waals surface area contributed by atoms with E-state index in [1.807, 2.05) is 65.6 Å². The van der Waals surface area contributed by atoms with Gasteiger partial charge in [-0.1, -0.05) is 57.2 Å². The van der Waals surface area contributed by atoms with Crippen molar-refractivity contribution in [3.63, 3.8) is 0 Å². The largest absolute Gasteiger partial charge is 0.497 e. The zero-order chi connectivity index (χ0) is 22.7. The van der Waals surface area contributed by atoms with Crippen LogP contribution >= 0.6 is 0 Å². The van der Waals surface area contributed by atoms with Crippen molar-refractivity contribution in [1.82, 2.24) is 0 Å². The van der Waals surface area contributed by atoms with Crippen LogP contribution in [0.4, 0.5) is 5.69 Å². The highest BCUT2D eigenvalue weighted by Gasteiger charge is 2.21. The zero-order valence-electron chi connectivity index (χ0n) is 19.1. The molecule has 4 rings (SSSR count). The molecule has 0 N–H and O–H groups in total. The summed E-state index contributed by atoms with van der Waals surface area (Å²) in [6, 6.07) is 23.9. The molecule has 0 spiro atoms. The van der Waals surface area contributed by atoms with Gasteiger partial charge in [0, 0.05) is 16.6 Å². The Morgan fingerprint density at radius 3 is 2.34 bits per heavy atom. The van der Waals surface area contributed by atoms with Crippen LogP contribution in [0.3, 0.4) is 0 Å². The third-order valence-electron chi connectivity index (χ3n) is 5.73. The van der Waals surface area contributed by atoms with Gasteiger partial charge in [0.15, 0.2) is 0 Å². The van der Waals surface area contributed by atoms with Crippen molar-refractivity contribution in [3.05, 3.63) is 95.7 Å². The number of amides is 1. The number of carbonyl (C=O) groups is 1. The molecule has 0 aliphatic heterocycles. The van der Waals surface area contributed by atoms with E-state index in [9.17, 15) is 4.79 Å². The first-order chi connectivity index (χ1) is 15.3. The Labute approximate surface area is 189 Å². The Morgan fingerprint density at radius 1 is 0.969 bits per heavy atom. The highest BCUT2D eigenvalue weighted by Crippen LogP contribution is 2.30. The monoisotopic (exact) mass is 427 g/mol. The molecule has 1 amide bonds. The molecular weight excluding hydrogens is 398 g/mol. The Hall–Kier alpha value is -3.53. The lowest BCUT2D eigenvalue weighted by Gasteiger charge is -2.23. The van der Waals surface area contributed by atoms with Crippen LogP contribution in [0.15, 0.2) is 83.5 Å². The van der Waals surface area contributed by atoms with Crippen LogP contribution in [0.5, 0.6) is 5.75 Å². The Morgan fingerprint density at radius 2 is 1.69 bits per heavy atom. The fourth-order valence-corrected chi connectivity index (χ4v) is 3.80. The van der Waals surface area contributed by atoms with Crippen LogP contribution < -0.4 is 9.64 Å². The second-order valence-corrected chi connectivity index (χ2v) is 9.06. The van der Waals surface area contributed by atoms with E-state index in [1.165, 1.54) is 5.56 Å². The van der Waals surface area contributed by atoms with E-state index in [2.05, 4.69) is 32.9 Å². The van der Waals surface area contributed by atoms with Gasteiger partial charge in [-0.3, -0.25) is 4.79 Å². The Bertz CT molecular complexity index is 1200. The second kappa shape index (κ2) is 8.91. The van der Waals surface area contributed by atoms with Gasteiger partial charge >= 0.3 is 0 Å². The molecule has 4 heteroatoms. The SMILES string of the molecule is COc1ccc(N(Cc2ccccc2)C(=O)Cc2coc3ccc(C(C)(C)C)cc23)cc1. The van der Waals surface area contributed by atoms with Crippen LogP contribution in [-0.4, -0.2) is 13.0 Å². The molecular formula is C28H29NO3. The summed E-state index contributed by atoms with van der Waals surface area (Å²) in [6.45, 7) is 7.05. The van der Waals surface area contributed by atoms with Gasteiger partial charge in [0.05, 0.1) is 26.3 Å². The Kier molecular flexibility index (Phi) is 6.04. The molecule has 164 valence electrons. The standard InChI is InChI=1S/C28H29NO3/c1-28(2,3)22-10-15-26-25(17-22)21(19-32-26)16-27(30)29(18-20-8-6-5-7-9-20)23-11-13-24(31-4)14-12-23/h5-15,17,19H,16,18H2,1-4H3. The summed E-state index contributed by atoms with van der Waals surface area (Å²) in [5.41, 5.74) is 4.86. The number of nitrogens with zero attached hydrogens (tertiary/aromatic N) is 1. The molecule has 0 atom stereocenters. The van der Waals surface area contributed by atoms with Crippen LogP contribution in [0.25, 0.3) is 11.0 Å². The van der Waals surface area contributed by atoms with Crippen LogP contribution in [0, 0.1) is 0 Å². The third kappa shape index (κ3) is 4.70. The van der Waals surface area contributed by atoms with E-state index >= 15 is 0 Å². The lowest BCUT2D eigenvalue weighted by Crippen LogP contribution is -2.31. The second-order valence-electron chi connectivity index (χ2n) is 9.06. The van der Waals surface area contributed by atoms with Gasteiger partial charge in [0.2, 0.25) is 5.91 Å². The van der Waals surface area contributed by atoms with Gasteiger partial charge in [-0.25, -0.2) is 0 Å². The molecule has 32 heavy (non-hydrogen) atoms. The summed E-state index contributed by atoms with van der Waals surface area (Å²) in [5.74, 6) is 0.777. The topological polar surface area (TPSA) is 42.7 Å². The highest BCUT2D eigenvalue weighted by molar-refractivity contribution is 5.97. The zero-order valence-corrected chi connectivity index (χ0v) is 19.1. The number of benzene rings is 3. The number of hydrogen-bond donors (Lipinski definition) is 0. The molecule has 0 radical (unpaired) electrons. The number of methoxy groups -OCH3 is 1. The van der Waals surface area contributed by atoms with E-state index in [0.29, 0.717) is 6.54 Å². The number of rotatable bonds is 6. The smallest absolute Gasteiger partial charge is 0.231 e. The van der Waals surface area contributed by atoms with Crippen LogP contribution in [-0.2, 0) is 23.2 Å². The fraction of sp³-hybridized carbons (Fsp3) is 0.250. The lowest BCUT2D eigenvalue weighted by atomic mass is 9.86. The number of ether oxygens (including phenoxy) is 1. The molecule has 4 aromatic rings. The quantitative estimate of drug-likeness (QED) is 0.352. The van der Waals surface area contributed by atoms with Crippen molar-refractivity contribution < 1.29 is 13.9 Å². The summed E-state index contributed by atoms with van der Waals surface area (Å²) in [5, 5.41) is 1.00. The summed E-state index contributed by atoms with van der Waals surface area (Å²) in [7, 11) is 1.64.